The average molecular weight is 288 g/mol. The third kappa shape index (κ3) is 3.96. The van der Waals surface area contributed by atoms with Crippen LogP contribution in [-0.2, 0) is 6.18 Å². The summed E-state index contributed by atoms with van der Waals surface area (Å²) in [5.74, 6) is 4.50. The van der Waals surface area contributed by atoms with E-state index in [-0.39, 0.29) is 24.2 Å². The molecule has 3 N–H and O–H groups in total. The van der Waals surface area contributed by atoms with Gasteiger partial charge in [-0.25, -0.2) is 10.8 Å². The van der Waals surface area contributed by atoms with Gasteiger partial charge in [-0.2, -0.15) is 23.4 Å². The van der Waals surface area contributed by atoms with Gasteiger partial charge in [-0.15, -0.1) is 0 Å². The predicted molar refractivity (Wildman–Crippen MR) is 67.5 cm³/mol. The van der Waals surface area contributed by atoms with E-state index < -0.39 is 11.9 Å². The number of rotatable bonds is 5. The molecular formula is C11H15F3N6. The quantitative estimate of drug-likeness (QED) is 0.634. The van der Waals surface area contributed by atoms with Crippen LogP contribution in [0.3, 0.4) is 0 Å². The van der Waals surface area contributed by atoms with Gasteiger partial charge in [-0.1, -0.05) is 0 Å². The van der Waals surface area contributed by atoms with Crippen molar-refractivity contribution in [3.8, 4) is 6.07 Å². The molecule has 6 nitrogen and oxygen atoms in total. The molecule has 0 saturated heterocycles. The van der Waals surface area contributed by atoms with Crippen molar-refractivity contribution in [1.29, 1.82) is 5.26 Å². The van der Waals surface area contributed by atoms with Crippen LogP contribution in [-0.4, -0.2) is 23.1 Å². The Kier molecular flexibility index (Phi) is 5.10. The molecule has 20 heavy (non-hydrogen) atoms. The van der Waals surface area contributed by atoms with Crippen LogP contribution in [0.5, 0.6) is 0 Å². The second-order valence-electron chi connectivity index (χ2n) is 4.15. The summed E-state index contributed by atoms with van der Waals surface area (Å²) >= 11 is 0. The van der Waals surface area contributed by atoms with Crippen molar-refractivity contribution < 1.29 is 13.2 Å². The topological polar surface area (TPSA) is 90.9 Å². The minimum Gasteiger partial charge on any atom is -0.355 e. The molecule has 0 aliphatic heterocycles. The van der Waals surface area contributed by atoms with Crippen LogP contribution < -0.4 is 16.2 Å². The van der Waals surface area contributed by atoms with Crippen LogP contribution in [0.1, 0.15) is 19.5 Å². The number of nitrogens with zero attached hydrogens (tertiary/aromatic N) is 4. The number of anilines is 2. The van der Waals surface area contributed by atoms with E-state index >= 15 is 0 Å². The summed E-state index contributed by atoms with van der Waals surface area (Å²) in [7, 11) is 0. The van der Waals surface area contributed by atoms with E-state index in [1.165, 1.54) is 0 Å². The Balaban J connectivity index is 3.18. The molecular weight excluding hydrogens is 273 g/mol. The van der Waals surface area contributed by atoms with Gasteiger partial charge in [0.1, 0.15) is 5.82 Å². The van der Waals surface area contributed by atoms with Gasteiger partial charge < -0.3 is 4.90 Å². The number of nitriles is 1. The zero-order chi connectivity index (χ0) is 15.3. The third-order valence-electron chi connectivity index (χ3n) is 2.55. The van der Waals surface area contributed by atoms with Gasteiger partial charge in [0.2, 0.25) is 5.95 Å². The number of nitrogens with one attached hydrogen (secondary N) is 1. The Bertz CT molecular complexity index is 496. The first kappa shape index (κ1) is 16.0. The Morgan fingerprint density at radius 3 is 2.60 bits per heavy atom. The van der Waals surface area contributed by atoms with Crippen molar-refractivity contribution in [3.63, 3.8) is 0 Å². The number of nitrogens with two attached hydrogens (primary N) is 1. The normalized spacial score (nSPS) is 12.7. The maximum atomic E-state index is 12.8. The number of hydrogen-bond acceptors (Lipinski definition) is 6. The molecule has 0 aliphatic carbocycles. The lowest BCUT2D eigenvalue weighted by molar-refractivity contribution is -0.141. The van der Waals surface area contributed by atoms with Crippen LogP contribution in [0.25, 0.3) is 0 Å². The monoisotopic (exact) mass is 288 g/mol. The van der Waals surface area contributed by atoms with Crippen LogP contribution in [0, 0.1) is 17.2 Å². The molecule has 1 rings (SSSR count). The molecule has 0 aliphatic rings. The Labute approximate surface area is 114 Å². The number of halogens is 3. The Morgan fingerprint density at radius 1 is 1.50 bits per heavy atom. The third-order valence-corrected chi connectivity index (χ3v) is 2.55. The lowest BCUT2D eigenvalue weighted by atomic mass is 10.2. The fourth-order valence-electron chi connectivity index (χ4n) is 1.56. The second kappa shape index (κ2) is 6.38. The van der Waals surface area contributed by atoms with Crippen molar-refractivity contribution in [2.75, 3.05) is 23.4 Å². The minimum absolute atomic E-state index is 0.0740. The molecule has 1 unspecified atom stereocenters. The second-order valence-corrected chi connectivity index (χ2v) is 4.15. The predicted octanol–water partition coefficient (Wildman–Crippen LogP) is 1.77. The van der Waals surface area contributed by atoms with Crippen LogP contribution >= 0.6 is 0 Å². The molecule has 0 amide bonds. The molecule has 1 aromatic heterocycles. The number of aromatic nitrogens is 2. The summed E-state index contributed by atoms with van der Waals surface area (Å²) in [4.78, 5) is 8.73. The van der Waals surface area contributed by atoms with E-state index in [4.69, 9.17) is 11.1 Å². The SMILES string of the molecule is CCN(CC(C)C#N)c1cc(C(F)(F)F)nc(NN)n1. The lowest BCUT2D eigenvalue weighted by Gasteiger charge is -2.24. The number of alkyl halides is 3. The zero-order valence-corrected chi connectivity index (χ0v) is 11.1. The standard InChI is InChI=1S/C11H15F3N6/c1-3-20(6-7(2)5-15)9-4-8(11(12,13)14)17-10(18-9)19-16/h4,7H,3,6,16H2,1-2H3,(H,17,18,19). The van der Waals surface area contributed by atoms with E-state index in [2.05, 4.69) is 9.97 Å². The van der Waals surface area contributed by atoms with Crippen molar-refractivity contribution in [2.45, 2.75) is 20.0 Å². The van der Waals surface area contributed by atoms with Crippen molar-refractivity contribution >= 4 is 11.8 Å². The van der Waals surface area contributed by atoms with Gasteiger partial charge in [-0.3, -0.25) is 5.43 Å². The van der Waals surface area contributed by atoms with Crippen LogP contribution in [0.2, 0.25) is 0 Å². The summed E-state index contributed by atoms with van der Waals surface area (Å²) in [6, 6.07) is 2.87. The highest BCUT2D eigenvalue weighted by Gasteiger charge is 2.34. The Hall–Kier alpha value is -2.08. The van der Waals surface area contributed by atoms with Crippen molar-refractivity contribution in [1.82, 2.24) is 9.97 Å². The largest absolute Gasteiger partial charge is 0.433 e. The molecule has 0 aromatic carbocycles. The molecule has 0 saturated carbocycles. The highest BCUT2D eigenvalue weighted by Crippen LogP contribution is 2.30. The van der Waals surface area contributed by atoms with Crippen molar-refractivity contribution in [3.05, 3.63) is 11.8 Å². The smallest absolute Gasteiger partial charge is 0.355 e. The van der Waals surface area contributed by atoms with E-state index in [1.807, 2.05) is 11.5 Å². The highest BCUT2D eigenvalue weighted by atomic mass is 19.4. The maximum absolute atomic E-state index is 12.8. The average Bonchev–Trinajstić information content (AvgIpc) is 2.42. The van der Waals surface area contributed by atoms with Crippen LogP contribution in [0.15, 0.2) is 6.07 Å². The fraction of sp³-hybridized carbons (Fsp3) is 0.545. The van der Waals surface area contributed by atoms with Gasteiger partial charge in [0.05, 0.1) is 12.0 Å². The summed E-state index contributed by atoms with van der Waals surface area (Å²) in [6.07, 6.45) is -4.59. The van der Waals surface area contributed by atoms with Crippen molar-refractivity contribution in [2.24, 2.45) is 11.8 Å². The summed E-state index contributed by atoms with van der Waals surface area (Å²) in [6.45, 7) is 4.11. The highest BCUT2D eigenvalue weighted by molar-refractivity contribution is 5.45. The van der Waals surface area contributed by atoms with Gasteiger partial charge in [0.15, 0.2) is 5.69 Å². The van der Waals surface area contributed by atoms with E-state index in [0.717, 1.165) is 6.07 Å². The lowest BCUT2D eigenvalue weighted by Crippen LogP contribution is -2.29. The summed E-state index contributed by atoms with van der Waals surface area (Å²) < 4.78 is 38.3. The maximum Gasteiger partial charge on any atom is 0.433 e. The molecule has 0 spiro atoms. The molecule has 1 heterocycles. The summed E-state index contributed by atoms with van der Waals surface area (Å²) in [5, 5.41) is 8.79. The minimum atomic E-state index is -4.59. The molecule has 0 fully saturated rings. The van der Waals surface area contributed by atoms with Gasteiger partial charge in [-0.05, 0) is 13.8 Å². The molecule has 0 bridgehead atoms. The molecule has 110 valence electrons. The van der Waals surface area contributed by atoms with Gasteiger partial charge >= 0.3 is 6.18 Å². The van der Waals surface area contributed by atoms with E-state index in [1.54, 1.807) is 18.7 Å². The fourth-order valence-corrected chi connectivity index (χ4v) is 1.56. The molecule has 1 aromatic rings. The first-order chi connectivity index (χ1) is 9.31. The van der Waals surface area contributed by atoms with Gasteiger partial charge in [0, 0.05) is 19.2 Å². The first-order valence-corrected chi connectivity index (χ1v) is 5.89. The van der Waals surface area contributed by atoms with Gasteiger partial charge in [0.25, 0.3) is 0 Å². The Morgan fingerprint density at radius 2 is 2.15 bits per heavy atom. The number of nitrogen functional groups attached to an aromatic ring is 1. The van der Waals surface area contributed by atoms with E-state index in [9.17, 15) is 13.2 Å². The molecule has 9 heteroatoms. The van der Waals surface area contributed by atoms with E-state index in [0.29, 0.717) is 6.54 Å². The van der Waals surface area contributed by atoms with Crippen LogP contribution in [0.4, 0.5) is 24.9 Å². The molecule has 1 atom stereocenters. The first-order valence-electron chi connectivity index (χ1n) is 5.89. The summed E-state index contributed by atoms with van der Waals surface area (Å²) in [5.41, 5.74) is 0.928. The zero-order valence-electron chi connectivity index (χ0n) is 11.1. The number of hydrogen-bond donors (Lipinski definition) is 2. The molecule has 0 radical (unpaired) electrons. The number of hydrazine groups is 1.